The molecule has 1 amide bonds. The Morgan fingerprint density at radius 3 is 2.40 bits per heavy atom. The second kappa shape index (κ2) is 5.24. The molecule has 1 radical (unpaired) electrons. The molecule has 0 saturated heterocycles. The summed E-state index contributed by atoms with van der Waals surface area (Å²) in [6.45, 7) is 5.04. The molecule has 0 fully saturated rings. The van der Waals surface area contributed by atoms with E-state index in [4.69, 9.17) is 0 Å². The molecule has 2 aromatic rings. The van der Waals surface area contributed by atoms with E-state index < -0.39 is 11.7 Å². The highest BCUT2D eigenvalue weighted by Gasteiger charge is 2.30. The van der Waals surface area contributed by atoms with Crippen molar-refractivity contribution in [3.8, 4) is 5.69 Å². The maximum Gasteiger partial charge on any atom is 0.416 e. The van der Waals surface area contributed by atoms with Crippen molar-refractivity contribution in [2.45, 2.75) is 13.1 Å². The van der Waals surface area contributed by atoms with Crippen LogP contribution in [0.1, 0.15) is 17.4 Å². The van der Waals surface area contributed by atoms with Gasteiger partial charge in [-0.05, 0) is 31.2 Å². The van der Waals surface area contributed by atoms with Gasteiger partial charge in [0.2, 0.25) is 5.91 Å². The van der Waals surface area contributed by atoms with E-state index in [1.165, 1.54) is 35.0 Å². The van der Waals surface area contributed by atoms with E-state index in [0.717, 1.165) is 12.1 Å². The van der Waals surface area contributed by atoms with Gasteiger partial charge in [-0.1, -0.05) is 0 Å². The Balaban J connectivity index is 2.50. The largest absolute Gasteiger partial charge is 0.416 e. The van der Waals surface area contributed by atoms with Crippen molar-refractivity contribution in [3.63, 3.8) is 0 Å². The van der Waals surface area contributed by atoms with Crippen molar-refractivity contribution in [1.29, 1.82) is 0 Å². The molecule has 1 aromatic carbocycles. The maximum atomic E-state index is 12.5. The molecule has 0 aliphatic carbocycles. The van der Waals surface area contributed by atoms with Gasteiger partial charge in [0.1, 0.15) is 0 Å². The SMILES string of the molecule is [CH2]c1cn(-c2ccc(C(F)(F)F)cc2)/c(=N/C(C)=O)s1. The second-order valence-corrected chi connectivity index (χ2v) is 5.12. The summed E-state index contributed by atoms with van der Waals surface area (Å²) in [7, 11) is 0. The molecule has 105 valence electrons. The van der Waals surface area contributed by atoms with Crippen LogP contribution in [-0.4, -0.2) is 10.5 Å². The molecule has 0 saturated carbocycles. The number of nitrogens with zero attached hydrogens (tertiary/aromatic N) is 2. The lowest BCUT2D eigenvalue weighted by atomic mass is 10.2. The third-order valence-corrected chi connectivity index (χ3v) is 3.27. The molecule has 7 heteroatoms. The van der Waals surface area contributed by atoms with E-state index in [0.29, 0.717) is 15.4 Å². The van der Waals surface area contributed by atoms with Crippen LogP contribution in [0, 0.1) is 6.92 Å². The summed E-state index contributed by atoms with van der Waals surface area (Å²) in [5.74, 6) is -0.382. The number of halogens is 3. The molecule has 0 aliphatic heterocycles. The maximum absolute atomic E-state index is 12.5. The fourth-order valence-electron chi connectivity index (χ4n) is 1.60. The number of alkyl halides is 3. The van der Waals surface area contributed by atoms with E-state index in [1.807, 2.05) is 0 Å². The van der Waals surface area contributed by atoms with Crippen LogP contribution in [-0.2, 0) is 11.0 Å². The van der Waals surface area contributed by atoms with E-state index in [2.05, 4.69) is 11.9 Å². The first-order valence-corrected chi connectivity index (χ1v) is 6.36. The van der Waals surface area contributed by atoms with E-state index in [1.54, 1.807) is 6.20 Å². The molecule has 20 heavy (non-hydrogen) atoms. The Morgan fingerprint density at radius 2 is 1.90 bits per heavy atom. The summed E-state index contributed by atoms with van der Waals surface area (Å²) in [5.41, 5.74) is -0.235. The molecule has 0 aliphatic rings. The summed E-state index contributed by atoms with van der Waals surface area (Å²) >= 11 is 1.19. The van der Waals surface area contributed by atoms with Crippen molar-refractivity contribution in [2.24, 2.45) is 4.99 Å². The number of rotatable bonds is 1. The van der Waals surface area contributed by atoms with Crippen LogP contribution < -0.4 is 4.80 Å². The molecule has 0 atom stereocenters. The van der Waals surface area contributed by atoms with Crippen molar-refractivity contribution < 1.29 is 18.0 Å². The minimum Gasteiger partial charge on any atom is -0.292 e. The van der Waals surface area contributed by atoms with Crippen molar-refractivity contribution >= 4 is 17.2 Å². The number of aromatic nitrogens is 1. The molecule has 2 rings (SSSR count). The highest BCUT2D eigenvalue weighted by atomic mass is 32.1. The lowest BCUT2D eigenvalue weighted by Crippen LogP contribution is -2.14. The summed E-state index contributed by atoms with van der Waals surface area (Å²) < 4.78 is 39.0. The fourth-order valence-corrected chi connectivity index (χ4v) is 2.42. The average molecular weight is 299 g/mol. The van der Waals surface area contributed by atoms with Crippen LogP contribution in [0.15, 0.2) is 35.5 Å². The van der Waals surface area contributed by atoms with Gasteiger partial charge in [0.05, 0.1) is 5.56 Å². The van der Waals surface area contributed by atoms with Gasteiger partial charge in [-0.2, -0.15) is 18.2 Å². The predicted octanol–water partition coefficient (Wildman–Crippen LogP) is 3.19. The molecule has 3 nitrogen and oxygen atoms in total. The van der Waals surface area contributed by atoms with Gasteiger partial charge in [0, 0.05) is 23.7 Å². The smallest absolute Gasteiger partial charge is 0.292 e. The molecule has 1 heterocycles. The van der Waals surface area contributed by atoms with Crippen LogP contribution in [0.4, 0.5) is 13.2 Å². The number of benzene rings is 1. The fraction of sp³-hybridized carbons (Fsp3) is 0.154. The Labute approximate surface area is 117 Å². The van der Waals surface area contributed by atoms with Crippen molar-refractivity contribution in [2.75, 3.05) is 0 Å². The van der Waals surface area contributed by atoms with Crippen LogP contribution in [0.5, 0.6) is 0 Å². The molecule has 0 bridgehead atoms. The van der Waals surface area contributed by atoms with Gasteiger partial charge in [-0.3, -0.25) is 9.36 Å². The zero-order valence-electron chi connectivity index (χ0n) is 10.4. The number of amides is 1. The summed E-state index contributed by atoms with van der Waals surface area (Å²) in [5, 5.41) is 0. The van der Waals surface area contributed by atoms with Crippen LogP contribution in [0.3, 0.4) is 0 Å². The van der Waals surface area contributed by atoms with Gasteiger partial charge in [-0.15, -0.1) is 11.3 Å². The standard InChI is InChI=1S/C13H10F3N2OS/c1-8-7-18(12(20-8)17-9(2)19)11-5-3-10(4-6-11)13(14,15)16/h3-7H,1H2,2H3/b17-12-. The zero-order valence-corrected chi connectivity index (χ0v) is 11.3. The zero-order chi connectivity index (χ0) is 14.9. The Morgan fingerprint density at radius 1 is 1.30 bits per heavy atom. The Hall–Kier alpha value is -1.89. The van der Waals surface area contributed by atoms with Gasteiger partial charge < -0.3 is 0 Å². The number of thiazole rings is 1. The third-order valence-electron chi connectivity index (χ3n) is 2.43. The average Bonchev–Trinajstić information content (AvgIpc) is 2.68. The normalized spacial score (nSPS) is 12.8. The minimum atomic E-state index is -4.37. The Kier molecular flexibility index (Phi) is 3.80. The van der Waals surface area contributed by atoms with Crippen LogP contribution in [0.2, 0.25) is 0 Å². The molecular formula is C13H10F3N2OS. The molecular weight excluding hydrogens is 289 g/mol. The topological polar surface area (TPSA) is 34.4 Å². The lowest BCUT2D eigenvalue weighted by molar-refractivity contribution is -0.137. The van der Waals surface area contributed by atoms with Crippen molar-refractivity contribution in [3.05, 3.63) is 52.6 Å². The van der Waals surface area contributed by atoms with Gasteiger partial charge in [-0.25, -0.2) is 0 Å². The highest BCUT2D eigenvalue weighted by Crippen LogP contribution is 2.29. The van der Waals surface area contributed by atoms with E-state index in [-0.39, 0.29) is 5.91 Å². The summed E-state index contributed by atoms with van der Waals surface area (Å²) in [4.78, 5) is 15.9. The molecule has 0 unspecified atom stereocenters. The molecule has 0 N–H and O–H groups in total. The number of hydrogen-bond acceptors (Lipinski definition) is 2. The first-order valence-electron chi connectivity index (χ1n) is 5.55. The molecule has 1 aromatic heterocycles. The van der Waals surface area contributed by atoms with Gasteiger partial charge in [0.15, 0.2) is 4.80 Å². The monoisotopic (exact) mass is 299 g/mol. The number of carbonyl (C=O) groups excluding carboxylic acids is 1. The van der Waals surface area contributed by atoms with Crippen LogP contribution >= 0.6 is 11.3 Å². The summed E-state index contributed by atoms with van der Waals surface area (Å²) in [6, 6.07) is 4.63. The number of hydrogen-bond donors (Lipinski definition) is 0. The minimum absolute atomic E-state index is 0.377. The lowest BCUT2D eigenvalue weighted by Gasteiger charge is -2.08. The number of carbonyl (C=O) groups is 1. The first kappa shape index (κ1) is 14.5. The Bertz CT molecular complexity index is 696. The first-order chi connectivity index (χ1) is 9.27. The molecule has 0 spiro atoms. The van der Waals surface area contributed by atoms with Gasteiger partial charge in [0.25, 0.3) is 0 Å². The van der Waals surface area contributed by atoms with Gasteiger partial charge >= 0.3 is 6.18 Å². The van der Waals surface area contributed by atoms with Crippen LogP contribution in [0.25, 0.3) is 5.69 Å². The summed E-state index contributed by atoms with van der Waals surface area (Å²) in [6.07, 6.45) is -2.75. The second-order valence-electron chi connectivity index (χ2n) is 4.03. The van der Waals surface area contributed by atoms with E-state index >= 15 is 0 Å². The highest BCUT2D eigenvalue weighted by molar-refractivity contribution is 7.09. The predicted molar refractivity (Wildman–Crippen MR) is 69.4 cm³/mol. The van der Waals surface area contributed by atoms with E-state index in [9.17, 15) is 18.0 Å². The van der Waals surface area contributed by atoms with Crippen molar-refractivity contribution in [1.82, 2.24) is 4.57 Å². The third kappa shape index (κ3) is 3.16. The quantitative estimate of drug-likeness (QED) is 0.796.